The van der Waals surface area contributed by atoms with Gasteiger partial charge in [-0.3, -0.25) is 14.9 Å². The highest BCUT2D eigenvalue weighted by Gasteiger charge is 2.15. The lowest BCUT2D eigenvalue weighted by Gasteiger charge is -2.05. The highest BCUT2D eigenvalue weighted by atomic mass is 32.1. The van der Waals surface area contributed by atoms with Crippen molar-refractivity contribution in [2.45, 2.75) is 6.92 Å². The predicted octanol–water partition coefficient (Wildman–Crippen LogP) is 5.49. The standard InChI is InChI=1S/C22H15F2N3O3S/c1-12-19(14-6-9-16(23)17(24)11-14)26-22(31-12)27-20(28)13-4-7-15(8-5-13)25-21(29)18-3-2-10-30-18/h2-11H,1H3,(H,25,29)(H,26,27,28). The van der Waals surface area contributed by atoms with Crippen LogP contribution in [-0.2, 0) is 0 Å². The maximum Gasteiger partial charge on any atom is 0.291 e. The van der Waals surface area contributed by atoms with Crippen molar-refractivity contribution in [3.8, 4) is 11.3 Å². The van der Waals surface area contributed by atoms with E-state index in [0.29, 0.717) is 27.6 Å². The van der Waals surface area contributed by atoms with Gasteiger partial charge in [0.15, 0.2) is 22.5 Å². The lowest BCUT2D eigenvalue weighted by Crippen LogP contribution is -2.13. The Labute approximate surface area is 179 Å². The van der Waals surface area contributed by atoms with E-state index in [1.165, 1.54) is 23.7 Å². The van der Waals surface area contributed by atoms with Gasteiger partial charge in [-0.25, -0.2) is 13.8 Å². The number of nitrogens with zero attached hydrogens (tertiary/aromatic N) is 1. The predicted molar refractivity (Wildman–Crippen MR) is 113 cm³/mol. The summed E-state index contributed by atoms with van der Waals surface area (Å²) in [6.45, 7) is 1.78. The zero-order chi connectivity index (χ0) is 22.0. The Morgan fingerprint density at radius 1 is 0.968 bits per heavy atom. The third kappa shape index (κ3) is 4.51. The molecule has 0 unspecified atom stereocenters. The Kier molecular flexibility index (Phi) is 5.59. The summed E-state index contributed by atoms with van der Waals surface area (Å²) in [5.41, 5.74) is 1.75. The molecule has 0 bridgehead atoms. The molecule has 0 fully saturated rings. The molecule has 2 heterocycles. The Balaban J connectivity index is 1.45. The highest BCUT2D eigenvalue weighted by molar-refractivity contribution is 7.16. The molecule has 0 aliphatic carbocycles. The number of amides is 2. The number of furan rings is 1. The molecule has 0 spiro atoms. The molecule has 9 heteroatoms. The van der Waals surface area contributed by atoms with E-state index in [4.69, 9.17) is 4.42 Å². The number of carbonyl (C=O) groups excluding carboxylic acids is 2. The minimum atomic E-state index is -0.963. The molecule has 0 saturated carbocycles. The molecule has 2 aromatic carbocycles. The van der Waals surface area contributed by atoms with Crippen molar-refractivity contribution in [2.75, 3.05) is 10.6 Å². The van der Waals surface area contributed by atoms with Crippen LogP contribution >= 0.6 is 11.3 Å². The highest BCUT2D eigenvalue weighted by Crippen LogP contribution is 2.31. The quantitative estimate of drug-likeness (QED) is 0.430. The first-order valence-electron chi connectivity index (χ1n) is 9.10. The summed E-state index contributed by atoms with van der Waals surface area (Å²) >= 11 is 1.23. The van der Waals surface area contributed by atoms with Crippen LogP contribution in [-0.4, -0.2) is 16.8 Å². The summed E-state index contributed by atoms with van der Waals surface area (Å²) in [4.78, 5) is 29.6. The van der Waals surface area contributed by atoms with E-state index in [1.54, 1.807) is 43.3 Å². The molecule has 0 aliphatic rings. The number of hydrogen-bond donors (Lipinski definition) is 2. The second-order valence-corrected chi connectivity index (χ2v) is 7.72. The third-order valence-electron chi connectivity index (χ3n) is 4.36. The lowest BCUT2D eigenvalue weighted by molar-refractivity contribution is 0.0995. The van der Waals surface area contributed by atoms with Gasteiger partial charge in [0.05, 0.1) is 12.0 Å². The number of benzene rings is 2. The molecule has 0 atom stereocenters. The normalized spacial score (nSPS) is 10.7. The molecule has 2 aromatic heterocycles. The van der Waals surface area contributed by atoms with Crippen LogP contribution in [0.1, 0.15) is 25.8 Å². The number of hydrogen-bond acceptors (Lipinski definition) is 5. The fourth-order valence-electron chi connectivity index (χ4n) is 2.84. The molecule has 0 aliphatic heterocycles. The molecule has 156 valence electrons. The van der Waals surface area contributed by atoms with Crippen molar-refractivity contribution >= 4 is 34.0 Å². The second-order valence-electron chi connectivity index (χ2n) is 6.52. The van der Waals surface area contributed by atoms with Gasteiger partial charge >= 0.3 is 0 Å². The fourth-order valence-corrected chi connectivity index (χ4v) is 3.67. The summed E-state index contributed by atoms with van der Waals surface area (Å²) in [6, 6.07) is 13.0. The number of nitrogens with one attached hydrogen (secondary N) is 2. The Hall–Kier alpha value is -3.85. The largest absolute Gasteiger partial charge is 0.459 e. The van der Waals surface area contributed by atoms with Crippen LogP contribution in [0.15, 0.2) is 65.3 Å². The van der Waals surface area contributed by atoms with Crippen LogP contribution in [0.2, 0.25) is 0 Å². The van der Waals surface area contributed by atoms with Gasteiger partial charge in [-0.15, -0.1) is 11.3 Å². The van der Waals surface area contributed by atoms with Crippen LogP contribution in [0.25, 0.3) is 11.3 Å². The molecular weight excluding hydrogens is 424 g/mol. The minimum absolute atomic E-state index is 0.179. The van der Waals surface area contributed by atoms with Crippen molar-refractivity contribution in [3.63, 3.8) is 0 Å². The number of aromatic nitrogens is 1. The minimum Gasteiger partial charge on any atom is -0.459 e. The van der Waals surface area contributed by atoms with E-state index in [0.717, 1.165) is 17.0 Å². The fraction of sp³-hybridized carbons (Fsp3) is 0.0455. The van der Waals surface area contributed by atoms with Gasteiger partial charge in [0.25, 0.3) is 11.8 Å². The first kappa shape index (κ1) is 20.4. The Bertz CT molecular complexity index is 1250. The van der Waals surface area contributed by atoms with E-state index in [1.807, 2.05) is 0 Å². The van der Waals surface area contributed by atoms with Gasteiger partial charge < -0.3 is 9.73 Å². The lowest BCUT2D eigenvalue weighted by atomic mass is 10.1. The molecule has 2 amide bonds. The third-order valence-corrected chi connectivity index (χ3v) is 5.25. The average molecular weight is 439 g/mol. The monoisotopic (exact) mass is 439 g/mol. The van der Waals surface area contributed by atoms with E-state index >= 15 is 0 Å². The van der Waals surface area contributed by atoms with E-state index < -0.39 is 23.4 Å². The van der Waals surface area contributed by atoms with Crippen LogP contribution in [0.4, 0.5) is 19.6 Å². The molecule has 6 nitrogen and oxygen atoms in total. The summed E-state index contributed by atoms with van der Waals surface area (Å²) in [6.07, 6.45) is 1.40. The van der Waals surface area contributed by atoms with Crippen molar-refractivity contribution in [1.82, 2.24) is 4.98 Å². The van der Waals surface area contributed by atoms with Crippen LogP contribution in [0, 0.1) is 18.6 Å². The van der Waals surface area contributed by atoms with Crippen LogP contribution in [0.3, 0.4) is 0 Å². The maximum atomic E-state index is 13.5. The molecule has 0 saturated heterocycles. The topological polar surface area (TPSA) is 84.2 Å². The first-order chi connectivity index (χ1) is 14.9. The summed E-state index contributed by atoms with van der Waals surface area (Å²) in [7, 11) is 0. The van der Waals surface area contributed by atoms with Gasteiger partial charge in [0.2, 0.25) is 0 Å². The molecule has 4 rings (SSSR count). The second kappa shape index (κ2) is 8.49. The number of anilines is 2. The van der Waals surface area contributed by atoms with Gasteiger partial charge in [-0.05, 0) is 61.5 Å². The van der Waals surface area contributed by atoms with Crippen molar-refractivity contribution < 1.29 is 22.8 Å². The van der Waals surface area contributed by atoms with Crippen LogP contribution < -0.4 is 10.6 Å². The number of aryl methyl sites for hydroxylation is 1. The maximum absolute atomic E-state index is 13.5. The molecular formula is C22H15F2N3O3S. The van der Waals surface area contributed by atoms with Gasteiger partial charge in [0.1, 0.15) is 0 Å². The first-order valence-corrected chi connectivity index (χ1v) is 9.91. The number of halogens is 2. The Morgan fingerprint density at radius 2 is 1.74 bits per heavy atom. The summed E-state index contributed by atoms with van der Waals surface area (Å²) in [5.74, 6) is -2.51. The number of rotatable bonds is 5. The zero-order valence-electron chi connectivity index (χ0n) is 16.1. The molecule has 0 radical (unpaired) electrons. The summed E-state index contributed by atoms with van der Waals surface area (Å²) < 4.78 is 31.7. The van der Waals surface area contributed by atoms with E-state index in [-0.39, 0.29) is 5.76 Å². The van der Waals surface area contributed by atoms with Crippen molar-refractivity contribution in [3.05, 3.63) is 88.7 Å². The van der Waals surface area contributed by atoms with Crippen molar-refractivity contribution in [1.29, 1.82) is 0 Å². The molecule has 31 heavy (non-hydrogen) atoms. The number of thiazole rings is 1. The summed E-state index contributed by atoms with van der Waals surface area (Å²) in [5, 5.41) is 5.69. The van der Waals surface area contributed by atoms with Crippen molar-refractivity contribution in [2.24, 2.45) is 0 Å². The van der Waals surface area contributed by atoms with E-state index in [2.05, 4.69) is 15.6 Å². The number of carbonyl (C=O) groups is 2. The Morgan fingerprint density at radius 3 is 2.42 bits per heavy atom. The zero-order valence-corrected chi connectivity index (χ0v) is 16.9. The van der Waals surface area contributed by atoms with Gasteiger partial charge in [-0.1, -0.05) is 0 Å². The molecule has 2 N–H and O–H groups in total. The average Bonchev–Trinajstić information content (AvgIpc) is 3.41. The smallest absolute Gasteiger partial charge is 0.291 e. The van der Waals surface area contributed by atoms with Gasteiger partial charge in [-0.2, -0.15) is 0 Å². The molecule has 4 aromatic rings. The van der Waals surface area contributed by atoms with Gasteiger partial charge in [0, 0.05) is 21.7 Å². The van der Waals surface area contributed by atoms with E-state index in [9.17, 15) is 18.4 Å². The van der Waals surface area contributed by atoms with Crippen LogP contribution in [0.5, 0.6) is 0 Å². The SMILES string of the molecule is Cc1sc(NC(=O)c2ccc(NC(=O)c3ccco3)cc2)nc1-c1ccc(F)c(F)c1.